The topological polar surface area (TPSA) is 64.0 Å². The van der Waals surface area contributed by atoms with Crippen LogP contribution < -0.4 is 10.7 Å². The minimum atomic E-state index is -0.143. The molecule has 0 bridgehead atoms. The number of thiazole rings is 1. The van der Waals surface area contributed by atoms with Gasteiger partial charge in [0, 0.05) is 28.9 Å². The summed E-state index contributed by atoms with van der Waals surface area (Å²) in [6, 6.07) is 8.79. The van der Waals surface area contributed by atoms with Crippen LogP contribution in [0.15, 0.2) is 46.7 Å². The van der Waals surface area contributed by atoms with Crippen molar-refractivity contribution >= 4 is 33.3 Å². The molecule has 0 spiro atoms. The van der Waals surface area contributed by atoms with Gasteiger partial charge in [0.05, 0.1) is 11.2 Å². The van der Waals surface area contributed by atoms with Crippen LogP contribution >= 0.6 is 11.3 Å². The van der Waals surface area contributed by atoms with Crippen LogP contribution in [0.5, 0.6) is 0 Å². The second-order valence-corrected chi connectivity index (χ2v) is 6.58. The highest BCUT2D eigenvalue weighted by molar-refractivity contribution is 7.13. The highest BCUT2D eigenvalue weighted by Gasteiger charge is 2.26. The maximum absolute atomic E-state index is 12.3. The minimum Gasteiger partial charge on any atom is -0.338 e. The number of pyridine rings is 1. The number of para-hydroxylation sites is 1. The van der Waals surface area contributed by atoms with Crippen molar-refractivity contribution in [2.24, 2.45) is 0 Å². The molecule has 23 heavy (non-hydrogen) atoms. The SMILES string of the molecule is O=C(Cn1ccc(=O)c2ccccc21)Nc1nc(C2CC2)cs1. The molecule has 0 saturated heterocycles. The number of fused-ring (bicyclic) bond motifs is 1. The monoisotopic (exact) mass is 325 g/mol. The zero-order valence-electron chi connectivity index (χ0n) is 12.4. The highest BCUT2D eigenvalue weighted by atomic mass is 32.1. The van der Waals surface area contributed by atoms with Crippen LogP contribution in [0.2, 0.25) is 0 Å². The average Bonchev–Trinajstić information content (AvgIpc) is 3.31. The molecule has 2 aromatic heterocycles. The number of anilines is 1. The molecule has 0 unspecified atom stereocenters. The number of amides is 1. The molecule has 3 aromatic rings. The van der Waals surface area contributed by atoms with Gasteiger partial charge in [-0.2, -0.15) is 0 Å². The first kappa shape index (κ1) is 14.1. The molecule has 2 heterocycles. The van der Waals surface area contributed by atoms with Crippen LogP contribution in [0.25, 0.3) is 10.9 Å². The Balaban J connectivity index is 1.54. The first-order chi connectivity index (χ1) is 11.2. The van der Waals surface area contributed by atoms with Gasteiger partial charge in [0.1, 0.15) is 6.54 Å². The summed E-state index contributed by atoms with van der Waals surface area (Å²) in [7, 11) is 0. The van der Waals surface area contributed by atoms with Gasteiger partial charge in [-0.15, -0.1) is 11.3 Å². The second-order valence-electron chi connectivity index (χ2n) is 5.73. The number of hydrogen-bond acceptors (Lipinski definition) is 4. The molecule has 1 N–H and O–H groups in total. The predicted molar refractivity (Wildman–Crippen MR) is 90.9 cm³/mol. The number of benzene rings is 1. The maximum Gasteiger partial charge on any atom is 0.246 e. The number of rotatable bonds is 4. The summed E-state index contributed by atoms with van der Waals surface area (Å²) in [5.41, 5.74) is 1.80. The van der Waals surface area contributed by atoms with Crippen molar-refractivity contribution in [3.63, 3.8) is 0 Å². The summed E-state index contributed by atoms with van der Waals surface area (Å²) < 4.78 is 1.78. The molecule has 6 heteroatoms. The number of carbonyl (C=O) groups is 1. The molecule has 0 aliphatic heterocycles. The number of aromatic nitrogens is 2. The average molecular weight is 325 g/mol. The summed E-state index contributed by atoms with van der Waals surface area (Å²) in [4.78, 5) is 28.6. The Kier molecular flexibility index (Phi) is 3.46. The second kappa shape index (κ2) is 5.62. The lowest BCUT2D eigenvalue weighted by Gasteiger charge is -2.09. The largest absolute Gasteiger partial charge is 0.338 e. The predicted octanol–water partition coefficient (Wildman–Crippen LogP) is 2.97. The van der Waals surface area contributed by atoms with Crippen molar-refractivity contribution in [1.82, 2.24) is 9.55 Å². The van der Waals surface area contributed by atoms with Crippen molar-refractivity contribution in [2.75, 3.05) is 5.32 Å². The molecule has 0 atom stereocenters. The van der Waals surface area contributed by atoms with Gasteiger partial charge in [-0.05, 0) is 25.0 Å². The van der Waals surface area contributed by atoms with E-state index in [4.69, 9.17) is 0 Å². The van der Waals surface area contributed by atoms with Gasteiger partial charge in [-0.25, -0.2) is 4.98 Å². The van der Waals surface area contributed by atoms with Crippen LogP contribution in [0.4, 0.5) is 5.13 Å². The van der Waals surface area contributed by atoms with E-state index in [9.17, 15) is 9.59 Å². The Morgan fingerprint density at radius 3 is 2.96 bits per heavy atom. The lowest BCUT2D eigenvalue weighted by Crippen LogP contribution is -2.20. The smallest absolute Gasteiger partial charge is 0.246 e. The van der Waals surface area contributed by atoms with Gasteiger partial charge in [0.15, 0.2) is 10.6 Å². The lowest BCUT2D eigenvalue weighted by atomic mass is 10.2. The third kappa shape index (κ3) is 2.90. The van der Waals surface area contributed by atoms with Gasteiger partial charge < -0.3 is 9.88 Å². The molecule has 5 nitrogen and oxygen atoms in total. The van der Waals surface area contributed by atoms with E-state index < -0.39 is 0 Å². The first-order valence-electron chi connectivity index (χ1n) is 7.54. The third-order valence-corrected chi connectivity index (χ3v) is 4.74. The molecule has 1 saturated carbocycles. The summed E-state index contributed by atoms with van der Waals surface area (Å²) in [6.07, 6.45) is 4.04. The molecule has 1 amide bonds. The fraction of sp³-hybridized carbons (Fsp3) is 0.235. The van der Waals surface area contributed by atoms with Crippen molar-refractivity contribution < 1.29 is 4.79 Å². The standard InChI is InChI=1S/C17H15N3O2S/c21-15-7-8-20(14-4-2-1-3-12(14)15)9-16(22)19-17-18-13(10-23-17)11-5-6-11/h1-4,7-8,10-11H,5-6,9H2,(H,18,19,22). The Labute approximate surface area is 136 Å². The van der Waals surface area contributed by atoms with Gasteiger partial charge in [-0.3, -0.25) is 9.59 Å². The number of nitrogens with zero attached hydrogens (tertiary/aromatic N) is 2. The zero-order valence-corrected chi connectivity index (χ0v) is 13.2. The number of carbonyl (C=O) groups excluding carboxylic acids is 1. The van der Waals surface area contributed by atoms with Gasteiger partial charge in [-0.1, -0.05) is 12.1 Å². The quantitative estimate of drug-likeness (QED) is 0.802. The van der Waals surface area contributed by atoms with E-state index in [2.05, 4.69) is 10.3 Å². The van der Waals surface area contributed by atoms with E-state index in [1.807, 2.05) is 23.6 Å². The van der Waals surface area contributed by atoms with Crippen LogP contribution in [-0.4, -0.2) is 15.5 Å². The normalized spacial score (nSPS) is 14.1. The van der Waals surface area contributed by atoms with Crippen molar-refractivity contribution in [3.8, 4) is 0 Å². The Morgan fingerprint density at radius 1 is 1.30 bits per heavy atom. The van der Waals surface area contributed by atoms with Gasteiger partial charge in [0.25, 0.3) is 0 Å². The summed E-state index contributed by atoms with van der Waals surface area (Å²) >= 11 is 1.46. The lowest BCUT2D eigenvalue weighted by molar-refractivity contribution is -0.116. The minimum absolute atomic E-state index is 0.0359. The Bertz CT molecular complexity index is 940. The van der Waals surface area contributed by atoms with E-state index in [1.165, 1.54) is 30.2 Å². The van der Waals surface area contributed by atoms with Gasteiger partial charge in [0.2, 0.25) is 5.91 Å². The van der Waals surface area contributed by atoms with Crippen LogP contribution in [0.3, 0.4) is 0 Å². The Morgan fingerprint density at radius 2 is 2.13 bits per heavy atom. The van der Waals surface area contributed by atoms with Crippen LogP contribution in [0.1, 0.15) is 24.5 Å². The summed E-state index contributed by atoms with van der Waals surface area (Å²) in [5, 5.41) is 6.12. The molecular formula is C17H15N3O2S. The first-order valence-corrected chi connectivity index (χ1v) is 8.42. The fourth-order valence-corrected chi connectivity index (χ4v) is 3.43. The third-order valence-electron chi connectivity index (χ3n) is 3.96. The maximum atomic E-state index is 12.3. The molecule has 1 aliphatic rings. The van der Waals surface area contributed by atoms with Gasteiger partial charge >= 0.3 is 0 Å². The van der Waals surface area contributed by atoms with E-state index in [1.54, 1.807) is 16.8 Å². The van der Waals surface area contributed by atoms with Crippen LogP contribution in [0, 0.1) is 0 Å². The molecule has 4 rings (SSSR count). The zero-order chi connectivity index (χ0) is 15.8. The van der Waals surface area contributed by atoms with E-state index >= 15 is 0 Å². The van der Waals surface area contributed by atoms with E-state index in [0.717, 1.165) is 11.2 Å². The van der Waals surface area contributed by atoms with Crippen LogP contribution in [-0.2, 0) is 11.3 Å². The van der Waals surface area contributed by atoms with Crippen molar-refractivity contribution in [2.45, 2.75) is 25.3 Å². The van der Waals surface area contributed by atoms with E-state index in [0.29, 0.717) is 16.4 Å². The molecule has 0 radical (unpaired) electrons. The number of hydrogen-bond donors (Lipinski definition) is 1. The Hall–Kier alpha value is -2.47. The number of nitrogens with one attached hydrogen (secondary N) is 1. The molecular weight excluding hydrogens is 310 g/mol. The van der Waals surface area contributed by atoms with Crippen molar-refractivity contribution in [1.29, 1.82) is 0 Å². The van der Waals surface area contributed by atoms with Crippen molar-refractivity contribution in [3.05, 3.63) is 57.8 Å². The molecule has 1 aliphatic carbocycles. The summed E-state index contributed by atoms with van der Waals surface area (Å²) in [5.74, 6) is 0.440. The molecule has 1 fully saturated rings. The summed E-state index contributed by atoms with van der Waals surface area (Å²) in [6.45, 7) is 0.152. The molecule has 1 aromatic carbocycles. The fourth-order valence-electron chi connectivity index (χ4n) is 2.62. The highest BCUT2D eigenvalue weighted by Crippen LogP contribution is 2.40. The van der Waals surface area contributed by atoms with E-state index in [-0.39, 0.29) is 17.9 Å². The molecule has 116 valence electrons.